The molecule has 1 heterocycles. The van der Waals surface area contributed by atoms with E-state index in [4.69, 9.17) is 14.2 Å². The van der Waals surface area contributed by atoms with Crippen LogP contribution in [0.1, 0.15) is 18.9 Å². The lowest BCUT2D eigenvalue weighted by Crippen LogP contribution is -2.38. The van der Waals surface area contributed by atoms with Crippen molar-refractivity contribution in [3.63, 3.8) is 0 Å². The van der Waals surface area contributed by atoms with Crippen molar-refractivity contribution in [1.29, 1.82) is 0 Å². The third-order valence-electron chi connectivity index (χ3n) is 3.54. The van der Waals surface area contributed by atoms with Gasteiger partial charge in [-0.05, 0) is 24.1 Å². The van der Waals surface area contributed by atoms with E-state index in [0.29, 0.717) is 6.61 Å². The van der Waals surface area contributed by atoms with Crippen LogP contribution in [0.15, 0.2) is 18.2 Å². The Balaban J connectivity index is 0.00000220. The summed E-state index contributed by atoms with van der Waals surface area (Å²) in [5.41, 5.74) is 1.30. The molecule has 0 bridgehead atoms. The van der Waals surface area contributed by atoms with Crippen molar-refractivity contribution < 1.29 is 14.2 Å². The lowest BCUT2D eigenvalue weighted by molar-refractivity contribution is 0.0321. The standard InChI is InChI=1S/C16H25NO3.ClH/c1-3-4-14-5-6-15(16(13-14)18-2)20-12-9-17-7-10-19-11-8-17;/h5-6,13H,3-4,7-12H2,1-2H3;1H. The number of ether oxygens (including phenoxy) is 3. The van der Waals surface area contributed by atoms with E-state index in [1.165, 1.54) is 5.56 Å². The molecule has 0 unspecified atom stereocenters. The summed E-state index contributed by atoms with van der Waals surface area (Å²) in [7, 11) is 1.69. The molecule has 0 atom stereocenters. The highest BCUT2D eigenvalue weighted by molar-refractivity contribution is 5.85. The summed E-state index contributed by atoms with van der Waals surface area (Å²) in [6.45, 7) is 7.45. The molecule has 120 valence electrons. The second-order valence-corrected chi connectivity index (χ2v) is 5.04. The van der Waals surface area contributed by atoms with Gasteiger partial charge in [-0.3, -0.25) is 4.90 Å². The fourth-order valence-corrected chi connectivity index (χ4v) is 2.38. The number of hydrogen-bond donors (Lipinski definition) is 0. The number of aryl methyl sites for hydroxylation is 1. The highest BCUT2D eigenvalue weighted by Crippen LogP contribution is 2.28. The third-order valence-corrected chi connectivity index (χ3v) is 3.54. The van der Waals surface area contributed by atoms with E-state index in [0.717, 1.165) is 57.2 Å². The van der Waals surface area contributed by atoms with Crippen LogP contribution in [0.25, 0.3) is 0 Å². The Kier molecular flexibility index (Phi) is 8.50. The molecule has 21 heavy (non-hydrogen) atoms. The van der Waals surface area contributed by atoms with Crippen LogP contribution in [0.4, 0.5) is 0 Å². The van der Waals surface area contributed by atoms with Crippen LogP contribution in [-0.4, -0.2) is 51.5 Å². The van der Waals surface area contributed by atoms with Crippen LogP contribution in [0.5, 0.6) is 11.5 Å². The number of hydrogen-bond acceptors (Lipinski definition) is 4. The minimum absolute atomic E-state index is 0. The monoisotopic (exact) mass is 315 g/mol. The summed E-state index contributed by atoms with van der Waals surface area (Å²) in [5, 5.41) is 0. The lowest BCUT2D eigenvalue weighted by Gasteiger charge is -2.26. The van der Waals surface area contributed by atoms with Gasteiger partial charge in [0, 0.05) is 19.6 Å². The van der Waals surface area contributed by atoms with Crippen LogP contribution in [0, 0.1) is 0 Å². The molecule has 0 amide bonds. The number of morpholine rings is 1. The molecule has 1 aliphatic rings. The van der Waals surface area contributed by atoms with Gasteiger partial charge in [0.05, 0.1) is 20.3 Å². The van der Waals surface area contributed by atoms with E-state index < -0.39 is 0 Å². The highest BCUT2D eigenvalue weighted by atomic mass is 35.5. The Morgan fingerprint density at radius 2 is 1.95 bits per heavy atom. The van der Waals surface area contributed by atoms with Gasteiger partial charge in [-0.15, -0.1) is 12.4 Å². The minimum atomic E-state index is 0. The summed E-state index contributed by atoms with van der Waals surface area (Å²) < 4.78 is 16.6. The van der Waals surface area contributed by atoms with Gasteiger partial charge in [0.15, 0.2) is 11.5 Å². The molecule has 0 radical (unpaired) electrons. The highest BCUT2D eigenvalue weighted by Gasteiger charge is 2.11. The molecule has 0 spiro atoms. The third kappa shape index (κ3) is 5.73. The van der Waals surface area contributed by atoms with Crippen molar-refractivity contribution in [3.8, 4) is 11.5 Å². The first kappa shape index (κ1) is 18.1. The molecule has 1 aliphatic heterocycles. The first-order valence-electron chi connectivity index (χ1n) is 7.43. The van der Waals surface area contributed by atoms with Crippen molar-refractivity contribution in [2.24, 2.45) is 0 Å². The maximum atomic E-state index is 5.86. The molecule has 0 N–H and O–H groups in total. The van der Waals surface area contributed by atoms with Gasteiger partial charge in [-0.25, -0.2) is 0 Å². The molecular weight excluding hydrogens is 290 g/mol. The molecular formula is C16H26ClNO3. The van der Waals surface area contributed by atoms with E-state index in [2.05, 4.69) is 24.0 Å². The second kappa shape index (κ2) is 9.87. The maximum absolute atomic E-state index is 5.86. The molecule has 4 nitrogen and oxygen atoms in total. The molecule has 0 aliphatic carbocycles. The van der Waals surface area contributed by atoms with Crippen LogP contribution < -0.4 is 9.47 Å². The van der Waals surface area contributed by atoms with Gasteiger partial charge in [0.25, 0.3) is 0 Å². The number of nitrogens with zero attached hydrogens (tertiary/aromatic N) is 1. The average molecular weight is 316 g/mol. The van der Waals surface area contributed by atoms with E-state index in [1.807, 2.05) is 6.07 Å². The minimum Gasteiger partial charge on any atom is -0.493 e. The molecule has 1 saturated heterocycles. The first-order valence-corrected chi connectivity index (χ1v) is 7.43. The Labute approximate surface area is 133 Å². The van der Waals surface area contributed by atoms with Gasteiger partial charge in [0.2, 0.25) is 0 Å². The summed E-state index contributed by atoms with van der Waals surface area (Å²) in [6.07, 6.45) is 2.21. The van der Waals surface area contributed by atoms with E-state index in [1.54, 1.807) is 7.11 Å². The van der Waals surface area contributed by atoms with Crippen molar-refractivity contribution in [2.45, 2.75) is 19.8 Å². The summed E-state index contributed by atoms with van der Waals surface area (Å²) in [6, 6.07) is 6.22. The topological polar surface area (TPSA) is 30.9 Å². The van der Waals surface area contributed by atoms with Crippen LogP contribution in [0.2, 0.25) is 0 Å². The number of benzene rings is 1. The Hall–Kier alpha value is -0.970. The first-order chi connectivity index (χ1) is 9.83. The maximum Gasteiger partial charge on any atom is 0.161 e. The molecule has 5 heteroatoms. The predicted molar refractivity (Wildman–Crippen MR) is 87.0 cm³/mol. The SMILES string of the molecule is CCCc1ccc(OCCN2CCOCC2)c(OC)c1.Cl. The van der Waals surface area contributed by atoms with Gasteiger partial charge < -0.3 is 14.2 Å². The van der Waals surface area contributed by atoms with E-state index >= 15 is 0 Å². The zero-order chi connectivity index (χ0) is 14.2. The van der Waals surface area contributed by atoms with Crippen LogP contribution in [-0.2, 0) is 11.2 Å². The van der Waals surface area contributed by atoms with Crippen LogP contribution in [0.3, 0.4) is 0 Å². The smallest absolute Gasteiger partial charge is 0.161 e. The zero-order valence-electron chi connectivity index (χ0n) is 13.0. The molecule has 1 aromatic carbocycles. The van der Waals surface area contributed by atoms with Crippen molar-refractivity contribution >= 4 is 12.4 Å². The van der Waals surface area contributed by atoms with Gasteiger partial charge in [-0.1, -0.05) is 19.4 Å². The van der Waals surface area contributed by atoms with Gasteiger partial charge in [0.1, 0.15) is 6.61 Å². The average Bonchev–Trinajstić information content (AvgIpc) is 2.50. The molecule has 1 fully saturated rings. The Bertz CT molecular complexity index is 409. The molecule has 2 rings (SSSR count). The molecule has 0 aromatic heterocycles. The normalized spacial score (nSPS) is 15.3. The Morgan fingerprint density at radius 3 is 2.62 bits per heavy atom. The summed E-state index contributed by atoms with van der Waals surface area (Å²) in [5.74, 6) is 1.67. The lowest BCUT2D eigenvalue weighted by atomic mass is 10.1. The largest absolute Gasteiger partial charge is 0.493 e. The number of methoxy groups -OCH3 is 1. The zero-order valence-corrected chi connectivity index (χ0v) is 13.8. The van der Waals surface area contributed by atoms with Gasteiger partial charge >= 0.3 is 0 Å². The van der Waals surface area contributed by atoms with Gasteiger partial charge in [-0.2, -0.15) is 0 Å². The van der Waals surface area contributed by atoms with E-state index in [-0.39, 0.29) is 12.4 Å². The van der Waals surface area contributed by atoms with E-state index in [9.17, 15) is 0 Å². The predicted octanol–water partition coefficient (Wildman–Crippen LogP) is 2.78. The summed E-state index contributed by atoms with van der Waals surface area (Å²) in [4.78, 5) is 2.36. The fraction of sp³-hybridized carbons (Fsp3) is 0.625. The quantitative estimate of drug-likeness (QED) is 0.774. The van der Waals surface area contributed by atoms with Crippen molar-refractivity contribution in [3.05, 3.63) is 23.8 Å². The second-order valence-electron chi connectivity index (χ2n) is 5.04. The Morgan fingerprint density at radius 1 is 1.19 bits per heavy atom. The van der Waals surface area contributed by atoms with Crippen molar-refractivity contribution in [1.82, 2.24) is 4.90 Å². The van der Waals surface area contributed by atoms with Crippen molar-refractivity contribution in [2.75, 3.05) is 46.6 Å². The molecule has 0 saturated carbocycles. The summed E-state index contributed by atoms with van der Waals surface area (Å²) >= 11 is 0. The number of rotatable bonds is 7. The molecule has 1 aromatic rings. The fourth-order valence-electron chi connectivity index (χ4n) is 2.38. The number of halogens is 1. The van der Waals surface area contributed by atoms with Crippen LogP contribution >= 0.6 is 12.4 Å².